The molecular formula is C27H38N4O. The van der Waals surface area contributed by atoms with Crippen molar-refractivity contribution < 1.29 is 4.79 Å². The standard InChI is InChI=1S/C27H38N4O/c1-17-13-22-20(14-21-16-24(30(7)8)18(2)19(3)26(21)28-22)15-23(17)31(9)12-10-11-25(32)29-27(4,5)6/h13-16H,10-12H2,1-9H3,(H,29,32). The van der Waals surface area contributed by atoms with Crippen molar-refractivity contribution in [1.29, 1.82) is 0 Å². The maximum Gasteiger partial charge on any atom is 0.220 e. The molecule has 1 N–H and O–H groups in total. The van der Waals surface area contributed by atoms with E-state index >= 15 is 0 Å². The number of benzene rings is 2. The Labute approximate surface area is 192 Å². The molecular weight excluding hydrogens is 396 g/mol. The Balaban J connectivity index is 1.88. The van der Waals surface area contributed by atoms with Crippen LogP contribution in [0, 0.1) is 20.8 Å². The van der Waals surface area contributed by atoms with Crippen LogP contribution in [0.4, 0.5) is 11.4 Å². The van der Waals surface area contributed by atoms with Gasteiger partial charge in [0.25, 0.3) is 0 Å². The van der Waals surface area contributed by atoms with E-state index in [0.29, 0.717) is 6.42 Å². The molecule has 32 heavy (non-hydrogen) atoms. The number of aryl methyl sites for hydroxylation is 2. The van der Waals surface area contributed by atoms with Gasteiger partial charge in [-0.05, 0) is 88.9 Å². The lowest BCUT2D eigenvalue weighted by atomic mass is 10.00. The molecule has 0 aliphatic heterocycles. The second kappa shape index (κ2) is 8.97. The first-order valence-corrected chi connectivity index (χ1v) is 11.4. The van der Waals surface area contributed by atoms with Crippen molar-refractivity contribution >= 4 is 39.1 Å². The molecule has 0 saturated heterocycles. The summed E-state index contributed by atoms with van der Waals surface area (Å²) in [5, 5.41) is 5.35. The zero-order valence-corrected chi connectivity index (χ0v) is 21.2. The van der Waals surface area contributed by atoms with Crippen molar-refractivity contribution in [3.63, 3.8) is 0 Å². The number of carbonyl (C=O) groups is 1. The minimum absolute atomic E-state index is 0.110. The first-order valence-electron chi connectivity index (χ1n) is 11.4. The van der Waals surface area contributed by atoms with E-state index in [2.05, 4.69) is 81.3 Å². The van der Waals surface area contributed by atoms with Gasteiger partial charge in [-0.25, -0.2) is 4.98 Å². The monoisotopic (exact) mass is 434 g/mol. The molecule has 0 aliphatic carbocycles. The van der Waals surface area contributed by atoms with Gasteiger partial charge in [-0.15, -0.1) is 0 Å². The second-order valence-corrected chi connectivity index (χ2v) is 10.3. The van der Waals surface area contributed by atoms with Gasteiger partial charge in [0.15, 0.2) is 0 Å². The lowest BCUT2D eigenvalue weighted by Gasteiger charge is -2.24. The molecule has 5 nitrogen and oxygen atoms in total. The molecule has 0 fully saturated rings. The molecule has 5 heteroatoms. The number of aromatic nitrogens is 1. The summed E-state index contributed by atoms with van der Waals surface area (Å²) < 4.78 is 0. The molecule has 0 radical (unpaired) electrons. The summed E-state index contributed by atoms with van der Waals surface area (Å²) in [7, 11) is 6.27. The Morgan fingerprint density at radius 2 is 1.59 bits per heavy atom. The number of nitrogens with one attached hydrogen (secondary N) is 1. The van der Waals surface area contributed by atoms with Crippen molar-refractivity contribution in [2.45, 2.75) is 59.9 Å². The molecule has 0 unspecified atom stereocenters. The van der Waals surface area contributed by atoms with Gasteiger partial charge in [0.1, 0.15) is 0 Å². The lowest BCUT2D eigenvalue weighted by molar-refractivity contribution is -0.122. The Kier molecular flexibility index (Phi) is 6.68. The van der Waals surface area contributed by atoms with Crippen LogP contribution in [0.25, 0.3) is 21.8 Å². The summed E-state index contributed by atoms with van der Waals surface area (Å²) in [6.45, 7) is 13.3. The molecule has 3 aromatic rings. The number of nitrogens with zero attached hydrogens (tertiary/aromatic N) is 3. The number of carbonyl (C=O) groups excluding carboxylic acids is 1. The van der Waals surface area contributed by atoms with Gasteiger partial charge < -0.3 is 15.1 Å². The molecule has 3 rings (SSSR count). The summed E-state index contributed by atoms with van der Waals surface area (Å²) in [6, 6.07) is 8.91. The Morgan fingerprint density at radius 3 is 2.22 bits per heavy atom. The predicted molar refractivity (Wildman–Crippen MR) is 138 cm³/mol. The molecule has 1 heterocycles. The highest BCUT2D eigenvalue weighted by Gasteiger charge is 2.15. The Bertz CT molecular complexity index is 1160. The van der Waals surface area contributed by atoms with Crippen LogP contribution in [0.3, 0.4) is 0 Å². The van der Waals surface area contributed by atoms with Gasteiger partial charge in [-0.1, -0.05) is 0 Å². The molecule has 1 amide bonds. The van der Waals surface area contributed by atoms with Crippen LogP contribution in [-0.2, 0) is 4.79 Å². The summed E-state index contributed by atoms with van der Waals surface area (Å²) in [4.78, 5) is 21.6. The van der Waals surface area contributed by atoms with Gasteiger partial charge in [-0.3, -0.25) is 4.79 Å². The van der Waals surface area contributed by atoms with E-state index in [-0.39, 0.29) is 11.4 Å². The van der Waals surface area contributed by atoms with Crippen LogP contribution in [0.1, 0.15) is 50.3 Å². The van der Waals surface area contributed by atoms with Crippen molar-refractivity contribution in [1.82, 2.24) is 10.3 Å². The zero-order chi connectivity index (χ0) is 23.8. The summed E-state index contributed by atoms with van der Waals surface area (Å²) in [5.41, 5.74) is 8.05. The third kappa shape index (κ3) is 5.14. The summed E-state index contributed by atoms with van der Waals surface area (Å²) in [6.07, 6.45) is 1.35. The SMILES string of the molecule is Cc1cc2nc3c(C)c(C)c(N(C)C)cc3cc2cc1N(C)CCCC(=O)NC(C)(C)C. The van der Waals surface area contributed by atoms with Crippen molar-refractivity contribution in [3.05, 3.63) is 41.0 Å². The second-order valence-electron chi connectivity index (χ2n) is 10.3. The number of fused-ring (bicyclic) bond motifs is 2. The third-order valence-electron chi connectivity index (χ3n) is 6.06. The first-order chi connectivity index (χ1) is 14.9. The fourth-order valence-electron chi connectivity index (χ4n) is 4.32. The summed E-state index contributed by atoms with van der Waals surface area (Å²) in [5.74, 6) is 0.110. The number of anilines is 2. The summed E-state index contributed by atoms with van der Waals surface area (Å²) >= 11 is 0. The van der Waals surface area contributed by atoms with Crippen LogP contribution in [0.5, 0.6) is 0 Å². The largest absolute Gasteiger partial charge is 0.377 e. The normalized spacial score (nSPS) is 11.8. The third-order valence-corrected chi connectivity index (χ3v) is 6.06. The molecule has 2 aromatic carbocycles. The van der Waals surface area contributed by atoms with E-state index in [9.17, 15) is 4.79 Å². The maximum atomic E-state index is 12.1. The number of hydrogen-bond acceptors (Lipinski definition) is 4. The van der Waals surface area contributed by atoms with E-state index in [1.165, 1.54) is 33.5 Å². The molecule has 1 aromatic heterocycles. The number of pyridine rings is 1. The van der Waals surface area contributed by atoms with E-state index in [4.69, 9.17) is 4.98 Å². The van der Waals surface area contributed by atoms with E-state index in [0.717, 1.165) is 29.4 Å². The van der Waals surface area contributed by atoms with Crippen molar-refractivity contribution in [2.75, 3.05) is 37.5 Å². The maximum absolute atomic E-state index is 12.1. The minimum Gasteiger partial charge on any atom is -0.377 e. The highest BCUT2D eigenvalue weighted by molar-refractivity contribution is 5.98. The van der Waals surface area contributed by atoms with Crippen molar-refractivity contribution in [3.8, 4) is 0 Å². The highest BCUT2D eigenvalue weighted by atomic mass is 16.1. The van der Waals surface area contributed by atoms with Crippen LogP contribution in [0.15, 0.2) is 24.3 Å². The van der Waals surface area contributed by atoms with E-state index < -0.39 is 0 Å². The number of rotatable bonds is 6. The van der Waals surface area contributed by atoms with E-state index in [1.807, 2.05) is 20.8 Å². The predicted octanol–water partition coefficient (Wildman–Crippen LogP) is 5.51. The van der Waals surface area contributed by atoms with Crippen LogP contribution in [0.2, 0.25) is 0 Å². The van der Waals surface area contributed by atoms with E-state index in [1.54, 1.807) is 0 Å². The lowest BCUT2D eigenvalue weighted by Crippen LogP contribution is -2.40. The average Bonchev–Trinajstić information content (AvgIpc) is 2.67. The fourth-order valence-corrected chi connectivity index (χ4v) is 4.32. The Hall–Kier alpha value is -2.82. The van der Waals surface area contributed by atoms with Crippen molar-refractivity contribution in [2.24, 2.45) is 0 Å². The number of amides is 1. The van der Waals surface area contributed by atoms with Crippen LogP contribution >= 0.6 is 0 Å². The van der Waals surface area contributed by atoms with Gasteiger partial charge in [0.05, 0.1) is 11.0 Å². The Morgan fingerprint density at radius 1 is 0.938 bits per heavy atom. The number of hydrogen-bond donors (Lipinski definition) is 1. The molecule has 0 bridgehead atoms. The van der Waals surface area contributed by atoms with Gasteiger partial charge in [0, 0.05) is 61.8 Å². The van der Waals surface area contributed by atoms with Crippen LogP contribution < -0.4 is 15.1 Å². The fraction of sp³-hybridized carbons (Fsp3) is 0.481. The zero-order valence-electron chi connectivity index (χ0n) is 21.2. The molecule has 0 saturated carbocycles. The topological polar surface area (TPSA) is 48.5 Å². The van der Waals surface area contributed by atoms with Gasteiger partial charge >= 0.3 is 0 Å². The average molecular weight is 435 g/mol. The first kappa shape index (κ1) is 23.8. The highest BCUT2D eigenvalue weighted by Crippen LogP contribution is 2.33. The van der Waals surface area contributed by atoms with Crippen LogP contribution in [-0.4, -0.2) is 44.1 Å². The van der Waals surface area contributed by atoms with Gasteiger partial charge in [-0.2, -0.15) is 0 Å². The molecule has 0 spiro atoms. The molecule has 172 valence electrons. The minimum atomic E-state index is -0.183. The molecule has 0 aliphatic rings. The smallest absolute Gasteiger partial charge is 0.220 e. The molecule has 0 atom stereocenters. The quantitative estimate of drug-likeness (QED) is 0.520. The van der Waals surface area contributed by atoms with Gasteiger partial charge in [0.2, 0.25) is 5.91 Å².